The molecule has 10 heterocycles. The van der Waals surface area contributed by atoms with Crippen LogP contribution in [0.2, 0.25) is 5.02 Å². The lowest BCUT2D eigenvalue weighted by Gasteiger charge is -2.31. The largest absolute Gasteiger partial charge is 0.416 e. The monoisotopic (exact) mass is 1550 g/mol. The third kappa shape index (κ3) is 18.4. The lowest BCUT2D eigenvalue weighted by atomic mass is 9.89. The molecule has 0 radical (unpaired) electrons. The van der Waals surface area contributed by atoms with Gasteiger partial charge in [0.2, 0.25) is 41.9 Å². The van der Waals surface area contributed by atoms with Gasteiger partial charge in [-0.3, -0.25) is 9.59 Å². The number of rotatable bonds is 8. The number of para-hydroxylation sites is 1. The predicted molar refractivity (Wildman–Crippen MR) is 395 cm³/mol. The van der Waals surface area contributed by atoms with Gasteiger partial charge in [-0.15, -0.1) is 0 Å². The molecule has 15 rings (SSSR count). The fourth-order valence-corrected chi connectivity index (χ4v) is 18.2. The first-order chi connectivity index (χ1) is 50.0. The van der Waals surface area contributed by atoms with Gasteiger partial charge in [0, 0.05) is 165 Å². The van der Waals surface area contributed by atoms with Crippen LogP contribution in [0.25, 0.3) is 54.5 Å². The number of nitrogens with one attached hydrogen (secondary N) is 5. The molecule has 0 unspecified atom stereocenters. The number of nitrogens with zero attached hydrogens (tertiary/aromatic N) is 6. The van der Waals surface area contributed by atoms with E-state index in [1.165, 1.54) is 50.6 Å². The summed E-state index contributed by atoms with van der Waals surface area (Å²) in [6.07, 6.45) is 12.4. The third-order valence-electron chi connectivity index (χ3n) is 21.2. The third-order valence-corrected chi connectivity index (χ3v) is 25.4. The Morgan fingerprint density at radius 3 is 1.12 bits per heavy atom. The normalized spacial score (nSPS) is 17.9. The number of fused-ring (bicyclic) bond motifs is 5. The standard InChI is InChI=1S/C16H17F3N2O.C16H17N3O.C15H17F3N2O2S.C14H17ClN2O2S.C14H16F2N2O2S/c1-10(22)21-6-4-11(5-7-21)14-9-20-15-8-12(16(17,18)19)2-3-13(14)15;1-11(20)19-6-4-13(5-7-19)15-10-18-16-3-2-12(9-17)8-14(15)16;1-23(21,22)20-6-4-10(5-7-20)13-9-19-14-8-11(15(16,17)18)2-3-12(13)14;1-20(18,19)17-7-5-10(6-8-17)12-9-16-14-11(12)3-2-4-13(14)15;1-21(19,20)18-4-2-9(3-5-18)11-8-17-14-7-13(16)12(15)6-10(11)14/h2-3,8-9,11,20H,4-7H2,1H3;2-3,8,10,13,18H,4-7H2,1H3;2-3,8-10,19H,4-7H2,1H3;2-4,9-10,16H,5-8H2,1H3;6-9,17H,2-5H2,1H3. The molecule has 5 saturated heterocycles. The Balaban J connectivity index is 0.000000132. The van der Waals surface area contributed by atoms with E-state index in [9.17, 15) is 70.0 Å². The number of carbonyl (C=O) groups is 2. The highest BCUT2D eigenvalue weighted by Gasteiger charge is 2.35. The highest BCUT2D eigenvalue weighted by atomic mass is 35.5. The van der Waals surface area contributed by atoms with Gasteiger partial charge in [-0.25, -0.2) is 46.9 Å². The summed E-state index contributed by atoms with van der Waals surface area (Å²) in [6, 6.07) is 23.7. The van der Waals surface area contributed by atoms with E-state index >= 15 is 0 Å². The van der Waals surface area contributed by atoms with Gasteiger partial charge in [0.25, 0.3) is 0 Å². The molecule has 5 aromatic heterocycles. The summed E-state index contributed by atoms with van der Waals surface area (Å²) in [4.78, 5) is 41.8. The molecule has 19 nitrogen and oxygen atoms in total. The molecule has 0 bridgehead atoms. The second kappa shape index (κ2) is 32.2. The zero-order valence-electron chi connectivity index (χ0n) is 59.1. The summed E-state index contributed by atoms with van der Waals surface area (Å²) in [5.41, 5.74) is 8.42. The molecule has 5 aromatic carbocycles. The summed E-state index contributed by atoms with van der Waals surface area (Å²) in [7, 11) is -9.40. The number of likely N-dealkylation sites (tertiary alicyclic amines) is 2. The molecule has 0 atom stereocenters. The van der Waals surface area contributed by atoms with Crippen LogP contribution in [0.3, 0.4) is 0 Å². The number of aromatic nitrogens is 5. The van der Waals surface area contributed by atoms with Crippen molar-refractivity contribution in [3.05, 3.63) is 177 Å². The van der Waals surface area contributed by atoms with Crippen LogP contribution in [0.4, 0.5) is 35.1 Å². The summed E-state index contributed by atoms with van der Waals surface area (Å²) in [5, 5.41) is 14.3. The van der Waals surface area contributed by atoms with Crippen LogP contribution in [0, 0.1) is 23.0 Å². The van der Waals surface area contributed by atoms with E-state index in [1.54, 1.807) is 42.8 Å². The van der Waals surface area contributed by atoms with Gasteiger partial charge in [0.1, 0.15) is 0 Å². The van der Waals surface area contributed by atoms with Gasteiger partial charge in [0.15, 0.2) is 11.6 Å². The van der Waals surface area contributed by atoms with Crippen molar-refractivity contribution in [2.24, 2.45) is 0 Å². The zero-order chi connectivity index (χ0) is 76.4. The SMILES string of the molecule is CC(=O)N1CCC(c2c[nH]c3cc(C(F)(F)F)ccc23)CC1.CC(=O)N1CCC(c2c[nH]c3ccc(C#N)cc23)CC1.CS(=O)(=O)N1CCC(c2c[nH]c3c(Cl)cccc23)CC1.CS(=O)(=O)N1CCC(c2c[nH]c3cc(C(F)(F)F)ccc23)CC1.CS(=O)(=O)N1CCC(c2c[nH]c3cc(F)c(F)cc23)CC1. The number of benzene rings is 5. The number of sulfonamides is 3. The predicted octanol–water partition coefficient (Wildman–Crippen LogP) is 15.5. The first-order valence-electron chi connectivity index (χ1n) is 35.0. The van der Waals surface area contributed by atoms with Crippen LogP contribution in [0.5, 0.6) is 0 Å². The molecule has 5 aliphatic heterocycles. The van der Waals surface area contributed by atoms with Crippen molar-refractivity contribution in [1.29, 1.82) is 5.26 Å². The van der Waals surface area contributed by atoms with Gasteiger partial charge in [-0.2, -0.15) is 31.6 Å². The zero-order valence-corrected chi connectivity index (χ0v) is 62.3. The minimum Gasteiger partial charge on any atom is -0.361 e. The maximum Gasteiger partial charge on any atom is 0.416 e. The second-order valence-corrected chi connectivity index (χ2v) is 34.3. The Kier molecular flexibility index (Phi) is 24.0. The van der Waals surface area contributed by atoms with Gasteiger partial charge < -0.3 is 34.7 Å². The molecule has 568 valence electrons. The number of nitriles is 1. The highest BCUT2D eigenvalue weighted by Crippen LogP contribution is 2.42. The molecular weight excluding hydrogens is 1470 g/mol. The molecule has 0 spiro atoms. The molecule has 0 saturated carbocycles. The highest BCUT2D eigenvalue weighted by molar-refractivity contribution is 7.88. The average Bonchev–Trinajstić information content (AvgIpc) is 1.64. The van der Waals surface area contributed by atoms with E-state index in [2.05, 4.69) is 43.3 Å². The van der Waals surface area contributed by atoms with E-state index in [4.69, 9.17) is 16.9 Å². The van der Waals surface area contributed by atoms with Gasteiger partial charge in [0.05, 0.1) is 52.1 Å². The Labute approximate surface area is 614 Å². The maximum atomic E-state index is 13.4. The van der Waals surface area contributed by atoms with E-state index in [-0.39, 0.29) is 29.6 Å². The van der Waals surface area contributed by atoms with Crippen molar-refractivity contribution in [1.82, 2.24) is 47.6 Å². The number of alkyl halides is 6. The van der Waals surface area contributed by atoms with Gasteiger partial charge in [-0.05, 0) is 176 Å². The number of carbonyl (C=O) groups excluding carboxylic acids is 2. The minimum atomic E-state index is -4.36. The van der Waals surface area contributed by atoms with Crippen molar-refractivity contribution in [2.75, 3.05) is 84.2 Å². The van der Waals surface area contributed by atoms with Crippen molar-refractivity contribution >= 4 is 108 Å². The van der Waals surface area contributed by atoms with Crippen molar-refractivity contribution in [2.45, 2.75) is 120 Å². The number of H-pyrrole nitrogens is 5. The lowest BCUT2D eigenvalue weighted by Crippen LogP contribution is -2.37. The summed E-state index contributed by atoms with van der Waals surface area (Å²) in [6.45, 7) is 9.23. The fraction of sp³-hybridized carbons (Fsp3) is 0.427. The summed E-state index contributed by atoms with van der Waals surface area (Å²) >= 11 is 6.17. The number of hydrogen-bond acceptors (Lipinski definition) is 9. The van der Waals surface area contributed by atoms with Crippen LogP contribution < -0.4 is 0 Å². The minimum absolute atomic E-state index is 0.0761. The lowest BCUT2D eigenvalue weighted by molar-refractivity contribution is -0.138. The Morgan fingerprint density at radius 2 is 0.755 bits per heavy atom. The first-order valence-corrected chi connectivity index (χ1v) is 40.9. The number of piperidine rings is 5. The Hall–Kier alpha value is -8.31. The average molecular weight is 1550 g/mol. The second-order valence-electron chi connectivity index (χ2n) is 28.0. The molecule has 5 aliphatic rings. The molecule has 5 N–H and O–H groups in total. The molecule has 2 amide bonds. The summed E-state index contributed by atoms with van der Waals surface area (Å²) in [5.74, 6) is -0.0595. The molecular formula is C75H84ClF8N11O8S3. The van der Waals surface area contributed by atoms with Crippen LogP contribution in [0.1, 0.15) is 152 Å². The smallest absolute Gasteiger partial charge is 0.361 e. The first kappa shape index (κ1) is 78.8. The number of hydrogen-bond donors (Lipinski definition) is 5. The van der Waals surface area contributed by atoms with E-state index in [1.807, 2.05) is 46.3 Å². The summed E-state index contributed by atoms with van der Waals surface area (Å²) < 4.78 is 177. The van der Waals surface area contributed by atoms with Crippen molar-refractivity contribution in [3.8, 4) is 6.07 Å². The van der Waals surface area contributed by atoms with Crippen molar-refractivity contribution < 1.29 is 70.0 Å². The maximum absolute atomic E-state index is 13.4. The molecule has 5 fully saturated rings. The topological polar surface area (TPSA) is 255 Å². The van der Waals surface area contributed by atoms with Crippen molar-refractivity contribution in [3.63, 3.8) is 0 Å². The molecule has 31 heteroatoms. The number of halogens is 9. The fourth-order valence-electron chi connectivity index (χ4n) is 15.3. The Bertz CT molecular complexity index is 5220. The van der Waals surface area contributed by atoms with Crippen LogP contribution in [0.15, 0.2) is 116 Å². The molecule has 106 heavy (non-hydrogen) atoms. The van der Waals surface area contributed by atoms with E-state index in [0.717, 1.165) is 136 Å². The van der Waals surface area contributed by atoms with E-state index in [0.29, 0.717) is 117 Å². The van der Waals surface area contributed by atoms with Crippen LogP contribution in [-0.4, -0.2) is 169 Å². The van der Waals surface area contributed by atoms with Gasteiger partial charge >= 0.3 is 12.4 Å². The van der Waals surface area contributed by atoms with Gasteiger partial charge in [-0.1, -0.05) is 35.9 Å². The molecule has 10 aromatic rings. The Morgan fingerprint density at radius 1 is 0.425 bits per heavy atom. The number of amides is 2. The number of aromatic amines is 5. The van der Waals surface area contributed by atoms with E-state index < -0.39 is 65.2 Å². The molecule has 0 aliphatic carbocycles. The van der Waals surface area contributed by atoms with Crippen LogP contribution >= 0.6 is 11.6 Å². The van der Waals surface area contributed by atoms with Crippen LogP contribution in [-0.2, 0) is 52.0 Å². The quantitative estimate of drug-likeness (QED) is 0.0905.